The van der Waals surface area contributed by atoms with Crippen LogP contribution in [0.3, 0.4) is 0 Å². The van der Waals surface area contributed by atoms with Crippen molar-refractivity contribution in [2.75, 3.05) is 5.73 Å². The molecule has 1 aromatic carbocycles. The van der Waals surface area contributed by atoms with E-state index in [9.17, 15) is 4.39 Å². The lowest BCUT2D eigenvalue weighted by atomic mass is 10.1. The number of benzene rings is 1. The van der Waals surface area contributed by atoms with E-state index in [0.29, 0.717) is 10.6 Å². The van der Waals surface area contributed by atoms with Gasteiger partial charge in [0.15, 0.2) is 0 Å². The number of anilines is 1. The van der Waals surface area contributed by atoms with Crippen LogP contribution < -0.4 is 11.5 Å². The highest BCUT2D eigenvalue weighted by molar-refractivity contribution is 6.31. The second kappa shape index (κ2) is 3.77. The molecule has 2 nitrogen and oxygen atoms in total. The summed E-state index contributed by atoms with van der Waals surface area (Å²) in [6, 6.07) is 2.10. The number of nitrogen functional groups attached to an aromatic ring is 1. The second-order valence-corrected chi connectivity index (χ2v) is 3.06. The van der Waals surface area contributed by atoms with Crippen LogP contribution in [0, 0.1) is 5.82 Å². The molecule has 1 rings (SSSR count). The quantitative estimate of drug-likeness (QED) is 0.568. The van der Waals surface area contributed by atoms with Crippen molar-refractivity contribution in [2.24, 2.45) is 5.73 Å². The molecule has 0 aliphatic heterocycles. The lowest BCUT2D eigenvalue weighted by molar-refractivity contribution is 0.629. The molecule has 0 aliphatic carbocycles. The van der Waals surface area contributed by atoms with Crippen molar-refractivity contribution < 1.29 is 4.39 Å². The first-order valence-electron chi connectivity index (χ1n) is 3.68. The summed E-state index contributed by atoms with van der Waals surface area (Å²) in [6.07, 6.45) is 1.48. The molecule has 0 fully saturated rings. The van der Waals surface area contributed by atoms with E-state index in [1.165, 1.54) is 18.2 Å². The highest BCUT2D eigenvalue weighted by atomic mass is 35.5. The molecule has 0 heterocycles. The van der Waals surface area contributed by atoms with Crippen LogP contribution in [-0.2, 0) is 0 Å². The first kappa shape index (κ1) is 10.0. The van der Waals surface area contributed by atoms with E-state index in [0.717, 1.165) is 0 Å². The minimum absolute atomic E-state index is 0.0185. The maximum absolute atomic E-state index is 13.0. The molecule has 0 amide bonds. The molecule has 0 unspecified atom stereocenters. The Morgan fingerprint density at radius 3 is 2.69 bits per heavy atom. The minimum atomic E-state index is -0.517. The summed E-state index contributed by atoms with van der Waals surface area (Å²) < 4.78 is 13.0. The van der Waals surface area contributed by atoms with E-state index in [1.807, 2.05) is 0 Å². The number of hydrogen-bond donors (Lipinski definition) is 2. The fourth-order valence-electron chi connectivity index (χ4n) is 0.960. The number of nitrogens with two attached hydrogens (primary N) is 2. The van der Waals surface area contributed by atoms with Crippen molar-refractivity contribution in [3.05, 3.63) is 41.2 Å². The van der Waals surface area contributed by atoms with Gasteiger partial charge in [-0.1, -0.05) is 17.7 Å². The van der Waals surface area contributed by atoms with Gasteiger partial charge in [0.25, 0.3) is 0 Å². The summed E-state index contributed by atoms with van der Waals surface area (Å²) in [5, 5.41) is 0.353. The Labute approximate surface area is 81.0 Å². The molecule has 4 N–H and O–H groups in total. The summed E-state index contributed by atoms with van der Waals surface area (Å²) in [5.41, 5.74) is 11.4. The van der Waals surface area contributed by atoms with Gasteiger partial charge in [0.05, 0.1) is 5.69 Å². The van der Waals surface area contributed by atoms with Crippen molar-refractivity contribution in [2.45, 2.75) is 6.04 Å². The Morgan fingerprint density at radius 1 is 1.54 bits per heavy atom. The van der Waals surface area contributed by atoms with Crippen LogP contribution >= 0.6 is 11.6 Å². The molecular formula is C9H10ClFN2. The lowest BCUT2D eigenvalue weighted by Crippen LogP contribution is -2.08. The molecule has 1 aromatic rings. The Bertz CT molecular complexity index is 339. The van der Waals surface area contributed by atoms with Crippen molar-refractivity contribution in [3.8, 4) is 0 Å². The van der Waals surface area contributed by atoms with Gasteiger partial charge in [0.1, 0.15) is 5.82 Å². The second-order valence-electron chi connectivity index (χ2n) is 2.66. The summed E-state index contributed by atoms with van der Waals surface area (Å²) in [7, 11) is 0. The zero-order chi connectivity index (χ0) is 10.0. The molecule has 0 spiro atoms. The zero-order valence-electron chi connectivity index (χ0n) is 6.93. The molecule has 0 saturated carbocycles. The monoisotopic (exact) mass is 200 g/mol. The van der Waals surface area contributed by atoms with Gasteiger partial charge in [0, 0.05) is 11.1 Å². The normalized spacial score (nSPS) is 12.5. The predicted molar refractivity (Wildman–Crippen MR) is 52.9 cm³/mol. The van der Waals surface area contributed by atoms with Crippen molar-refractivity contribution in [1.82, 2.24) is 0 Å². The Balaban J connectivity index is 3.22. The maximum Gasteiger partial charge on any atom is 0.146 e. The van der Waals surface area contributed by atoms with Crippen LogP contribution in [0.4, 0.5) is 10.1 Å². The van der Waals surface area contributed by atoms with Gasteiger partial charge in [-0.15, -0.1) is 6.58 Å². The maximum atomic E-state index is 13.0. The van der Waals surface area contributed by atoms with E-state index in [-0.39, 0.29) is 5.69 Å². The van der Waals surface area contributed by atoms with E-state index in [2.05, 4.69) is 6.58 Å². The zero-order valence-corrected chi connectivity index (χ0v) is 7.68. The van der Waals surface area contributed by atoms with Crippen LogP contribution in [0.1, 0.15) is 11.6 Å². The minimum Gasteiger partial charge on any atom is -0.396 e. The van der Waals surface area contributed by atoms with Crippen LogP contribution in [-0.4, -0.2) is 0 Å². The molecule has 0 radical (unpaired) electrons. The summed E-state index contributed by atoms with van der Waals surface area (Å²) in [4.78, 5) is 0. The van der Waals surface area contributed by atoms with Crippen molar-refractivity contribution in [1.29, 1.82) is 0 Å². The van der Waals surface area contributed by atoms with Gasteiger partial charge in [-0.25, -0.2) is 4.39 Å². The molecule has 0 bridgehead atoms. The van der Waals surface area contributed by atoms with Gasteiger partial charge in [-0.3, -0.25) is 0 Å². The summed E-state index contributed by atoms with van der Waals surface area (Å²) >= 11 is 5.80. The van der Waals surface area contributed by atoms with Crippen molar-refractivity contribution in [3.63, 3.8) is 0 Å². The topological polar surface area (TPSA) is 52.0 Å². The SMILES string of the molecule is C=C[C@H](N)c1cc(F)c(N)cc1Cl. The lowest BCUT2D eigenvalue weighted by Gasteiger charge is -2.09. The van der Waals surface area contributed by atoms with E-state index >= 15 is 0 Å². The molecule has 13 heavy (non-hydrogen) atoms. The third-order valence-corrected chi connectivity index (χ3v) is 2.06. The fourth-order valence-corrected chi connectivity index (χ4v) is 1.26. The van der Waals surface area contributed by atoms with Crippen LogP contribution in [0.15, 0.2) is 24.8 Å². The van der Waals surface area contributed by atoms with E-state index in [1.54, 1.807) is 0 Å². The van der Waals surface area contributed by atoms with Gasteiger partial charge >= 0.3 is 0 Å². The van der Waals surface area contributed by atoms with Gasteiger partial charge in [-0.05, 0) is 17.7 Å². The predicted octanol–water partition coefficient (Wildman–Crippen LogP) is 2.25. The van der Waals surface area contributed by atoms with E-state index < -0.39 is 11.9 Å². The van der Waals surface area contributed by atoms with Crippen LogP contribution in [0.2, 0.25) is 5.02 Å². The highest BCUT2D eigenvalue weighted by Crippen LogP contribution is 2.26. The Kier molecular flexibility index (Phi) is 2.90. The van der Waals surface area contributed by atoms with Crippen molar-refractivity contribution >= 4 is 17.3 Å². The van der Waals surface area contributed by atoms with Gasteiger partial charge in [-0.2, -0.15) is 0 Å². The van der Waals surface area contributed by atoms with Crippen LogP contribution in [0.5, 0.6) is 0 Å². The Morgan fingerprint density at radius 2 is 2.15 bits per heavy atom. The Hall–Kier alpha value is -1.06. The fraction of sp³-hybridized carbons (Fsp3) is 0.111. The molecule has 0 aromatic heterocycles. The summed E-state index contributed by atoms with van der Waals surface area (Å²) in [5.74, 6) is -0.517. The van der Waals surface area contributed by atoms with Gasteiger partial charge < -0.3 is 11.5 Å². The molecule has 4 heteroatoms. The number of rotatable bonds is 2. The molecule has 0 saturated heterocycles. The van der Waals surface area contributed by atoms with Gasteiger partial charge in [0.2, 0.25) is 0 Å². The summed E-state index contributed by atoms with van der Waals surface area (Å²) in [6.45, 7) is 3.49. The molecule has 70 valence electrons. The largest absolute Gasteiger partial charge is 0.396 e. The molecular weight excluding hydrogens is 191 g/mol. The standard InChI is InChI=1S/C9H10ClFN2/c1-2-8(12)5-3-7(11)9(13)4-6(5)10/h2-4,8H,1,12-13H2/t8-/m0/s1. The third kappa shape index (κ3) is 1.99. The number of hydrogen-bond acceptors (Lipinski definition) is 2. The van der Waals surface area contributed by atoms with E-state index in [4.69, 9.17) is 23.1 Å². The highest BCUT2D eigenvalue weighted by Gasteiger charge is 2.10. The first-order chi connectivity index (χ1) is 6.06. The smallest absolute Gasteiger partial charge is 0.146 e. The number of halogens is 2. The molecule has 1 atom stereocenters. The van der Waals surface area contributed by atoms with Crippen LogP contribution in [0.25, 0.3) is 0 Å². The third-order valence-electron chi connectivity index (χ3n) is 1.73. The molecule has 0 aliphatic rings. The first-order valence-corrected chi connectivity index (χ1v) is 4.06. The average molecular weight is 201 g/mol. The average Bonchev–Trinajstić information content (AvgIpc) is 2.10.